The summed E-state index contributed by atoms with van der Waals surface area (Å²) in [5, 5.41) is 13.3. The van der Waals surface area contributed by atoms with Gasteiger partial charge in [0, 0.05) is 31.9 Å². The van der Waals surface area contributed by atoms with Crippen LogP contribution in [0, 0.1) is 19.7 Å². The van der Waals surface area contributed by atoms with E-state index in [1.165, 1.54) is 22.9 Å². The van der Waals surface area contributed by atoms with Crippen LogP contribution in [-0.2, 0) is 0 Å². The van der Waals surface area contributed by atoms with E-state index in [9.17, 15) is 9.18 Å². The number of hydrogen-bond donors (Lipinski definition) is 2. The Morgan fingerprint density at radius 3 is 2.55 bits per heavy atom. The number of aromatic nitrogens is 3. The average Bonchev–Trinajstić information content (AvgIpc) is 3.19. The van der Waals surface area contributed by atoms with E-state index >= 15 is 0 Å². The zero-order chi connectivity index (χ0) is 20.4. The second-order valence-corrected chi connectivity index (χ2v) is 7.12. The molecule has 2 aromatic carbocycles. The molecule has 1 fully saturated rings. The van der Waals surface area contributed by atoms with Crippen LogP contribution in [0.4, 0.5) is 21.6 Å². The molecule has 150 valence electrons. The normalized spacial score (nSPS) is 14.2. The van der Waals surface area contributed by atoms with Gasteiger partial charge in [-0.05, 0) is 43.2 Å². The summed E-state index contributed by atoms with van der Waals surface area (Å²) in [6.07, 6.45) is 0. The summed E-state index contributed by atoms with van der Waals surface area (Å²) < 4.78 is 13.9. The smallest absolute Gasteiger partial charge is 0.278 e. The topological polar surface area (TPSA) is 77.2 Å². The lowest BCUT2D eigenvalue weighted by Gasteiger charge is -2.36. The summed E-state index contributed by atoms with van der Waals surface area (Å²) in [6.45, 7) is 6.87. The van der Waals surface area contributed by atoms with Crippen molar-refractivity contribution in [3.8, 4) is 0 Å². The number of para-hydroxylation sites is 1. The third kappa shape index (κ3) is 3.78. The van der Waals surface area contributed by atoms with Gasteiger partial charge in [-0.3, -0.25) is 4.79 Å². The summed E-state index contributed by atoms with van der Waals surface area (Å²) in [5.74, 6) is -0.425. The Kier molecular flexibility index (Phi) is 5.16. The van der Waals surface area contributed by atoms with Gasteiger partial charge in [0.2, 0.25) is 0 Å². The predicted octanol–water partition coefficient (Wildman–Crippen LogP) is 3.27. The summed E-state index contributed by atoms with van der Waals surface area (Å²) in [7, 11) is 0. The average molecular weight is 394 g/mol. The van der Waals surface area contributed by atoms with E-state index in [2.05, 4.69) is 57.7 Å². The summed E-state index contributed by atoms with van der Waals surface area (Å²) in [6, 6.07) is 12.5. The molecule has 0 atom stereocenters. The molecule has 0 saturated carbocycles. The first-order valence-corrected chi connectivity index (χ1v) is 9.57. The highest BCUT2D eigenvalue weighted by atomic mass is 19.1. The number of carbonyl (C=O) groups is 1. The number of benzene rings is 2. The van der Waals surface area contributed by atoms with Gasteiger partial charge in [0.15, 0.2) is 11.5 Å². The highest BCUT2D eigenvalue weighted by molar-refractivity contribution is 5.97. The lowest BCUT2D eigenvalue weighted by atomic mass is 10.1. The van der Waals surface area contributed by atoms with Crippen LogP contribution in [0.5, 0.6) is 0 Å². The van der Waals surface area contributed by atoms with Gasteiger partial charge in [-0.2, -0.15) is 5.21 Å². The number of halogens is 1. The van der Waals surface area contributed by atoms with Crippen molar-refractivity contribution < 1.29 is 9.18 Å². The van der Waals surface area contributed by atoms with Crippen molar-refractivity contribution >= 4 is 23.1 Å². The Hall–Kier alpha value is -3.42. The van der Waals surface area contributed by atoms with E-state index in [1.807, 2.05) is 0 Å². The molecule has 8 heteroatoms. The molecule has 0 unspecified atom stereocenters. The Morgan fingerprint density at radius 1 is 1.03 bits per heavy atom. The number of aromatic amines is 1. The molecule has 2 heterocycles. The molecule has 2 N–H and O–H groups in total. The Balaban J connectivity index is 1.45. The number of anilines is 3. The van der Waals surface area contributed by atoms with Gasteiger partial charge in [-0.25, -0.2) is 4.39 Å². The molecule has 1 aliphatic rings. The fraction of sp³-hybridized carbons (Fsp3) is 0.286. The van der Waals surface area contributed by atoms with E-state index < -0.39 is 5.82 Å². The van der Waals surface area contributed by atoms with E-state index in [1.54, 1.807) is 23.1 Å². The number of amides is 1. The van der Waals surface area contributed by atoms with Gasteiger partial charge in [0.05, 0.1) is 5.69 Å². The number of carbonyl (C=O) groups excluding carboxylic acids is 1. The van der Waals surface area contributed by atoms with Crippen LogP contribution in [-0.4, -0.2) is 52.4 Å². The van der Waals surface area contributed by atoms with E-state index in [4.69, 9.17) is 0 Å². The molecule has 1 aliphatic heterocycles. The van der Waals surface area contributed by atoms with Crippen molar-refractivity contribution in [2.45, 2.75) is 13.8 Å². The fourth-order valence-corrected chi connectivity index (χ4v) is 3.54. The van der Waals surface area contributed by atoms with E-state index in [-0.39, 0.29) is 23.1 Å². The molecule has 0 spiro atoms. The van der Waals surface area contributed by atoms with Crippen LogP contribution in [0.1, 0.15) is 21.6 Å². The maximum Gasteiger partial charge on any atom is 0.278 e. The highest BCUT2D eigenvalue weighted by Gasteiger charge is 2.27. The molecule has 0 radical (unpaired) electrons. The zero-order valence-electron chi connectivity index (χ0n) is 16.4. The number of H-pyrrole nitrogens is 1. The molecule has 0 bridgehead atoms. The lowest BCUT2D eigenvalue weighted by Crippen LogP contribution is -2.49. The Bertz CT molecular complexity index is 1030. The number of hydrogen-bond acceptors (Lipinski definition) is 5. The van der Waals surface area contributed by atoms with Crippen LogP contribution in [0.25, 0.3) is 0 Å². The molecular formula is C21H23FN6O. The summed E-state index contributed by atoms with van der Waals surface area (Å²) in [4.78, 5) is 17.0. The number of nitrogens with zero attached hydrogens (tertiary/aromatic N) is 4. The number of piperazine rings is 1. The SMILES string of the molecule is Cc1cccc(N2CCN(C(=O)c3n[nH]nc3Nc3ccccc3F)CC2)c1C. The number of aryl methyl sites for hydroxylation is 1. The molecule has 7 nitrogen and oxygen atoms in total. The minimum Gasteiger partial charge on any atom is -0.368 e. The molecule has 0 aliphatic carbocycles. The maximum atomic E-state index is 13.9. The summed E-state index contributed by atoms with van der Waals surface area (Å²) in [5.41, 5.74) is 4.14. The van der Waals surface area contributed by atoms with Crippen LogP contribution < -0.4 is 10.2 Å². The van der Waals surface area contributed by atoms with E-state index in [0.29, 0.717) is 13.1 Å². The monoisotopic (exact) mass is 394 g/mol. The van der Waals surface area contributed by atoms with Gasteiger partial charge in [-0.1, -0.05) is 24.3 Å². The van der Waals surface area contributed by atoms with Gasteiger partial charge < -0.3 is 15.1 Å². The van der Waals surface area contributed by atoms with Crippen molar-refractivity contribution in [1.29, 1.82) is 0 Å². The minimum atomic E-state index is -0.420. The number of nitrogens with one attached hydrogen (secondary N) is 2. The van der Waals surface area contributed by atoms with Gasteiger partial charge in [0.25, 0.3) is 5.91 Å². The first-order valence-electron chi connectivity index (χ1n) is 9.57. The second-order valence-electron chi connectivity index (χ2n) is 7.12. The van der Waals surface area contributed by atoms with Gasteiger partial charge in [-0.15, -0.1) is 10.2 Å². The maximum absolute atomic E-state index is 13.9. The van der Waals surface area contributed by atoms with Crippen molar-refractivity contribution in [3.63, 3.8) is 0 Å². The van der Waals surface area contributed by atoms with Crippen molar-refractivity contribution in [2.24, 2.45) is 0 Å². The third-order valence-corrected chi connectivity index (χ3v) is 5.36. The fourth-order valence-electron chi connectivity index (χ4n) is 3.54. The van der Waals surface area contributed by atoms with Crippen LogP contribution in [0.15, 0.2) is 42.5 Å². The molecular weight excluding hydrogens is 371 g/mol. The van der Waals surface area contributed by atoms with Crippen LogP contribution in [0.2, 0.25) is 0 Å². The largest absolute Gasteiger partial charge is 0.368 e. The van der Waals surface area contributed by atoms with Gasteiger partial charge >= 0.3 is 0 Å². The third-order valence-electron chi connectivity index (χ3n) is 5.36. The van der Waals surface area contributed by atoms with Crippen molar-refractivity contribution in [3.05, 3.63) is 65.1 Å². The predicted molar refractivity (Wildman–Crippen MR) is 110 cm³/mol. The highest BCUT2D eigenvalue weighted by Crippen LogP contribution is 2.25. The summed E-state index contributed by atoms with van der Waals surface area (Å²) >= 11 is 0. The molecule has 3 aromatic rings. The van der Waals surface area contributed by atoms with Crippen LogP contribution in [0.3, 0.4) is 0 Å². The molecule has 4 rings (SSSR count). The van der Waals surface area contributed by atoms with E-state index in [0.717, 1.165) is 13.1 Å². The Morgan fingerprint density at radius 2 is 1.79 bits per heavy atom. The van der Waals surface area contributed by atoms with Crippen molar-refractivity contribution in [2.75, 3.05) is 36.4 Å². The minimum absolute atomic E-state index is 0.161. The second kappa shape index (κ2) is 7.90. The zero-order valence-corrected chi connectivity index (χ0v) is 16.4. The quantitative estimate of drug-likeness (QED) is 0.710. The molecule has 29 heavy (non-hydrogen) atoms. The molecule has 1 saturated heterocycles. The first kappa shape index (κ1) is 18.9. The standard InChI is InChI=1S/C21H23FN6O/c1-14-6-5-9-18(15(14)2)27-10-12-28(13-11-27)21(29)19-20(25-26-24-19)23-17-8-4-3-7-16(17)22/h3-9H,10-13H2,1-2H3,(H2,23,24,25,26). The molecule has 1 aromatic heterocycles. The molecule has 1 amide bonds. The van der Waals surface area contributed by atoms with Gasteiger partial charge in [0.1, 0.15) is 5.82 Å². The lowest BCUT2D eigenvalue weighted by molar-refractivity contribution is 0.0742. The Labute approximate surface area is 168 Å². The van der Waals surface area contributed by atoms with Crippen LogP contribution >= 0.6 is 0 Å². The number of rotatable bonds is 4. The van der Waals surface area contributed by atoms with Crippen molar-refractivity contribution in [1.82, 2.24) is 20.3 Å². The first-order chi connectivity index (χ1) is 14.0.